The number of fused-ring (bicyclic) bond motifs is 6. The number of nitrogens with zero attached hydrogens (tertiary/aromatic N) is 1. The summed E-state index contributed by atoms with van der Waals surface area (Å²) in [6.07, 6.45) is 2.08. The van der Waals surface area contributed by atoms with E-state index in [-0.39, 0.29) is 17.5 Å². The van der Waals surface area contributed by atoms with E-state index in [0.29, 0.717) is 21.8 Å². The minimum atomic E-state index is -1.35. The molecule has 0 aromatic heterocycles. The zero-order chi connectivity index (χ0) is 29.3. The van der Waals surface area contributed by atoms with Crippen LogP contribution in [0, 0.1) is 19.8 Å². The lowest BCUT2D eigenvalue weighted by atomic mass is 9.64. The molecule has 4 aromatic rings. The Morgan fingerprint density at radius 1 is 0.810 bits per heavy atom. The molecule has 0 radical (unpaired) electrons. The van der Waals surface area contributed by atoms with E-state index in [0.717, 1.165) is 33.5 Å². The fourth-order valence-electron chi connectivity index (χ4n) is 7.23. The van der Waals surface area contributed by atoms with Gasteiger partial charge in [-0.25, -0.2) is 0 Å². The second-order valence-electron chi connectivity index (χ2n) is 11.6. The first-order valence-corrected chi connectivity index (χ1v) is 14.5. The summed E-state index contributed by atoms with van der Waals surface area (Å²) >= 11 is 6.20. The maximum atomic E-state index is 14.8. The molecular weight excluding hydrogens is 544 g/mol. The minimum absolute atomic E-state index is 0.194. The van der Waals surface area contributed by atoms with Gasteiger partial charge >= 0.3 is 0 Å². The maximum absolute atomic E-state index is 14.8. The molecule has 3 aliphatic heterocycles. The highest BCUT2D eigenvalue weighted by atomic mass is 35.5. The number of allylic oxidation sites excluding steroid dienone is 1. The number of hydrogen-bond acceptors (Lipinski definition) is 4. The quantitative estimate of drug-likeness (QED) is 0.263. The number of para-hydroxylation sites is 1. The van der Waals surface area contributed by atoms with Gasteiger partial charge in [0.15, 0.2) is 11.6 Å². The lowest BCUT2D eigenvalue weighted by Crippen LogP contribution is -2.51. The highest BCUT2D eigenvalue weighted by molar-refractivity contribution is 6.30. The zero-order valence-electron chi connectivity index (χ0n) is 23.5. The van der Waals surface area contributed by atoms with Crippen LogP contribution in [-0.2, 0) is 10.2 Å². The standard InChI is InChI=1S/C36H29ClN2O3/c1-20-8-11-24(12-9-20)34(41)32-31(33(40)23-13-15-25(37)16-14-23)36(27-6-4-5-7-28(27)38-35(36)42)30-19-22(3)26-18-21(2)10-17-29(26)39(30)32/h4-19,30-32H,1-3H3,(H,38,42)/t30-,31-,32-,36+/m0/s1. The number of carbonyl (C=O) groups is 3. The van der Waals surface area contributed by atoms with Crippen molar-refractivity contribution in [1.29, 1.82) is 0 Å². The predicted octanol–water partition coefficient (Wildman–Crippen LogP) is 7.20. The van der Waals surface area contributed by atoms with E-state index in [4.69, 9.17) is 11.6 Å². The average Bonchev–Trinajstić information content (AvgIpc) is 3.45. The Morgan fingerprint density at radius 3 is 2.19 bits per heavy atom. The van der Waals surface area contributed by atoms with Gasteiger partial charge in [-0.3, -0.25) is 14.4 Å². The molecule has 0 bridgehead atoms. The number of benzene rings is 4. The second-order valence-corrected chi connectivity index (χ2v) is 12.1. The number of aryl methyl sites for hydroxylation is 2. The number of Topliss-reactive ketones (excluding diaryl/α,β-unsaturated/α-hetero) is 2. The smallest absolute Gasteiger partial charge is 0.238 e. The number of nitrogens with one attached hydrogen (secondary N) is 1. The Bertz CT molecular complexity index is 1830. The van der Waals surface area contributed by atoms with Crippen molar-refractivity contribution in [3.63, 3.8) is 0 Å². The molecule has 3 aliphatic rings. The van der Waals surface area contributed by atoms with E-state index in [1.165, 1.54) is 0 Å². The number of anilines is 2. The first kappa shape index (κ1) is 26.4. The molecular formula is C36H29ClN2O3. The Balaban J connectivity index is 1.55. The molecule has 208 valence electrons. The summed E-state index contributed by atoms with van der Waals surface area (Å²) in [5, 5.41) is 3.59. The van der Waals surface area contributed by atoms with Gasteiger partial charge in [-0.15, -0.1) is 0 Å². The van der Waals surface area contributed by atoms with Crippen molar-refractivity contribution in [2.75, 3.05) is 10.2 Å². The topological polar surface area (TPSA) is 66.5 Å². The van der Waals surface area contributed by atoms with Gasteiger partial charge < -0.3 is 10.2 Å². The molecule has 0 unspecified atom stereocenters. The van der Waals surface area contributed by atoms with E-state index in [2.05, 4.69) is 17.5 Å². The first-order chi connectivity index (χ1) is 20.2. The molecule has 42 heavy (non-hydrogen) atoms. The maximum Gasteiger partial charge on any atom is 0.238 e. The van der Waals surface area contributed by atoms with Crippen LogP contribution in [0.5, 0.6) is 0 Å². The monoisotopic (exact) mass is 572 g/mol. The van der Waals surface area contributed by atoms with Crippen LogP contribution in [0.4, 0.5) is 11.4 Å². The van der Waals surface area contributed by atoms with Gasteiger partial charge in [0.1, 0.15) is 11.5 Å². The molecule has 0 saturated carbocycles. The largest absolute Gasteiger partial charge is 0.352 e. The fraction of sp³-hybridized carbons (Fsp3) is 0.194. The molecule has 1 fully saturated rings. The van der Waals surface area contributed by atoms with E-state index < -0.39 is 23.4 Å². The second kappa shape index (κ2) is 9.53. The lowest BCUT2D eigenvalue weighted by Gasteiger charge is -2.39. The highest BCUT2D eigenvalue weighted by Crippen LogP contribution is 2.59. The van der Waals surface area contributed by atoms with Gasteiger partial charge in [0.25, 0.3) is 0 Å². The Kier molecular flexibility index (Phi) is 6.00. The van der Waals surface area contributed by atoms with Crippen molar-refractivity contribution < 1.29 is 14.4 Å². The summed E-state index contributed by atoms with van der Waals surface area (Å²) in [4.78, 5) is 46.1. The van der Waals surface area contributed by atoms with Crippen LogP contribution in [0.15, 0.2) is 97.1 Å². The molecule has 0 aliphatic carbocycles. The minimum Gasteiger partial charge on any atom is -0.352 e. The Labute approximate surface area is 249 Å². The number of hydrogen-bond donors (Lipinski definition) is 1. The van der Waals surface area contributed by atoms with E-state index in [9.17, 15) is 14.4 Å². The lowest BCUT2D eigenvalue weighted by molar-refractivity contribution is -0.121. The van der Waals surface area contributed by atoms with Crippen molar-refractivity contribution in [1.82, 2.24) is 0 Å². The third-order valence-corrected chi connectivity index (χ3v) is 9.40. The molecule has 1 N–H and O–H groups in total. The molecule has 7 rings (SSSR count). The molecule has 5 nitrogen and oxygen atoms in total. The van der Waals surface area contributed by atoms with Gasteiger partial charge in [-0.2, -0.15) is 0 Å². The van der Waals surface area contributed by atoms with Gasteiger partial charge in [0, 0.05) is 33.1 Å². The third-order valence-electron chi connectivity index (χ3n) is 9.15. The molecule has 3 heterocycles. The summed E-state index contributed by atoms with van der Waals surface area (Å²) in [5.41, 5.74) is 5.94. The first-order valence-electron chi connectivity index (χ1n) is 14.1. The van der Waals surface area contributed by atoms with Gasteiger partial charge in [0.2, 0.25) is 5.91 Å². The van der Waals surface area contributed by atoms with Crippen LogP contribution in [-0.4, -0.2) is 29.6 Å². The number of carbonyl (C=O) groups excluding carboxylic acids is 3. The predicted molar refractivity (Wildman–Crippen MR) is 166 cm³/mol. The number of halogens is 1. The van der Waals surface area contributed by atoms with E-state index in [1.807, 2.05) is 86.3 Å². The highest BCUT2D eigenvalue weighted by Gasteiger charge is 2.70. The van der Waals surface area contributed by atoms with Crippen LogP contribution in [0.2, 0.25) is 5.02 Å². The van der Waals surface area contributed by atoms with Crippen molar-refractivity contribution in [2.45, 2.75) is 38.3 Å². The molecule has 4 atom stereocenters. The van der Waals surface area contributed by atoms with Crippen LogP contribution < -0.4 is 10.2 Å². The van der Waals surface area contributed by atoms with Crippen molar-refractivity contribution in [3.05, 3.63) is 135 Å². The summed E-state index contributed by atoms with van der Waals surface area (Å²) in [7, 11) is 0. The van der Waals surface area contributed by atoms with Crippen LogP contribution >= 0.6 is 11.6 Å². The number of ketones is 2. The zero-order valence-corrected chi connectivity index (χ0v) is 24.3. The normalized spacial score (nSPS) is 23.6. The van der Waals surface area contributed by atoms with Crippen molar-refractivity contribution >= 4 is 46.0 Å². The summed E-state index contributed by atoms with van der Waals surface area (Å²) in [5.74, 6) is -1.75. The summed E-state index contributed by atoms with van der Waals surface area (Å²) in [6, 6.07) is 26.3. The van der Waals surface area contributed by atoms with Gasteiger partial charge in [-0.05, 0) is 74.4 Å². The molecule has 1 spiro atoms. The van der Waals surface area contributed by atoms with Crippen LogP contribution in [0.3, 0.4) is 0 Å². The van der Waals surface area contributed by atoms with Crippen molar-refractivity contribution in [3.8, 4) is 0 Å². The Hall–Kier alpha value is -4.48. The third kappa shape index (κ3) is 3.66. The molecule has 1 saturated heterocycles. The SMILES string of the molecule is CC1=C[C@@H]2N(c3ccc(C)cc31)[C@H](C(=O)c1ccc(C)cc1)[C@@H](C(=O)c1ccc(Cl)cc1)[C@]21C(=O)Nc2ccccc21. The van der Waals surface area contributed by atoms with Crippen LogP contribution in [0.1, 0.15) is 49.9 Å². The molecule has 1 amide bonds. The van der Waals surface area contributed by atoms with Gasteiger partial charge in [0.05, 0.1) is 12.0 Å². The number of amides is 1. The number of rotatable bonds is 4. The summed E-state index contributed by atoms with van der Waals surface area (Å²) < 4.78 is 0. The molecule has 4 aromatic carbocycles. The average molecular weight is 573 g/mol. The Morgan fingerprint density at radius 2 is 1.45 bits per heavy atom. The summed E-state index contributed by atoms with van der Waals surface area (Å²) in [6.45, 7) is 6.04. The van der Waals surface area contributed by atoms with E-state index in [1.54, 1.807) is 24.3 Å². The van der Waals surface area contributed by atoms with Crippen LogP contribution in [0.25, 0.3) is 5.57 Å². The van der Waals surface area contributed by atoms with E-state index >= 15 is 0 Å². The fourth-order valence-corrected chi connectivity index (χ4v) is 7.35. The van der Waals surface area contributed by atoms with Crippen molar-refractivity contribution in [2.24, 2.45) is 5.92 Å². The molecule has 6 heteroatoms. The van der Waals surface area contributed by atoms with Gasteiger partial charge in [-0.1, -0.05) is 77.3 Å².